The summed E-state index contributed by atoms with van der Waals surface area (Å²) in [4.78, 5) is 4.22. The summed E-state index contributed by atoms with van der Waals surface area (Å²) in [7, 11) is 0. The maximum absolute atomic E-state index is 16.1. The summed E-state index contributed by atoms with van der Waals surface area (Å²) in [6, 6.07) is 36.5. The lowest BCUT2D eigenvalue weighted by atomic mass is 10.0. The largest absolute Gasteiger partial charge is 0.206 e. The third-order valence-corrected chi connectivity index (χ3v) is 16.1. The van der Waals surface area contributed by atoms with E-state index in [2.05, 4.69) is 72.8 Å². The van der Waals surface area contributed by atoms with E-state index >= 15 is 8.78 Å². The Balaban J connectivity index is 1.02. The summed E-state index contributed by atoms with van der Waals surface area (Å²) >= 11 is 10.3. The number of rotatable bonds is 4. The minimum Gasteiger partial charge on any atom is -0.206 e. The molecule has 0 N–H and O–H groups in total. The molecule has 0 fully saturated rings. The van der Waals surface area contributed by atoms with Crippen LogP contribution in [0.1, 0.15) is 0 Å². The van der Waals surface area contributed by atoms with Crippen molar-refractivity contribution in [1.82, 2.24) is 0 Å². The van der Waals surface area contributed by atoms with Crippen LogP contribution >= 0.6 is 68.0 Å². The van der Waals surface area contributed by atoms with E-state index in [9.17, 15) is 0 Å². The van der Waals surface area contributed by atoms with Crippen molar-refractivity contribution in [3.63, 3.8) is 0 Å². The van der Waals surface area contributed by atoms with Gasteiger partial charge in [0.1, 0.15) is 11.6 Å². The molecular formula is C38H18F2S6. The van der Waals surface area contributed by atoms with Gasteiger partial charge in [-0.25, -0.2) is 8.78 Å². The molecule has 0 spiro atoms. The number of hydrogen-bond acceptors (Lipinski definition) is 6. The predicted octanol–water partition coefficient (Wildman–Crippen LogP) is 14.8. The molecule has 0 aliphatic carbocycles. The molecule has 0 radical (unpaired) electrons. The van der Waals surface area contributed by atoms with Gasteiger partial charge in [-0.2, -0.15) is 0 Å². The van der Waals surface area contributed by atoms with Gasteiger partial charge >= 0.3 is 0 Å². The van der Waals surface area contributed by atoms with Gasteiger partial charge in [-0.05, 0) is 47.5 Å². The van der Waals surface area contributed by atoms with Crippen LogP contribution in [0.25, 0.3) is 90.1 Å². The summed E-state index contributed by atoms with van der Waals surface area (Å²) in [6.45, 7) is 0. The summed E-state index contributed by atoms with van der Waals surface area (Å²) in [6.07, 6.45) is 0. The molecule has 0 nitrogen and oxygen atoms in total. The molecule has 0 saturated heterocycles. The van der Waals surface area contributed by atoms with E-state index < -0.39 is 0 Å². The first-order chi connectivity index (χ1) is 22.6. The van der Waals surface area contributed by atoms with Crippen LogP contribution in [0, 0.1) is 11.6 Å². The molecule has 0 aliphatic heterocycles. The average molecular weight is 705 g/mol. The molecule has 0 amide bonds. The zero-order chi connectivity index (χ0) is 30.5. The Kier molecular flexibility index (Phi) is 6.17. The zero-order valence-corrected chi connectivity index (χ0v) is 28.5. The summed E-state index contributed by atoms with van der Waals surface area (Å²) in [5.74, 6) is -0.740. The highest BCUT2D eigenvalue weighted by Gasteiger charge is 2.21. The first-order valence-electron chi connectivity index (χ1n) is 14.5. The average Bonchev–Trinajstić information content (AvgIpc) is 3.91. The second kappa shape index (κ2) is 10.4. The van der Waals surface area contributed by atoms with Gasteiger partial charge in [0, 0.05) is 60.2 Å². The maximum Gasteiger partial charge on any atom is 0.139 e. The Morgan fingerprint density at radius 1 is 0.348 bits per heavy atom. The van der Waals surface area contributed by atoms with E-state index in [4.69, 9.17) is 0 Å². The molecule has 0 saturated carbocycles. The van der Waals surface area contributed by atoms with Crippen LogP contribution in [0.15, 0.2) is 109 Å². The fraction of sp³-hybridized carbons (Fsp3) is 0. The molecule has 0 unspecified atom stereocenters. The van der Waals surface area contributed by atoms with E-state index in [1.54, 1.807) is 92.3 Å². The van der Waals surface area contributed by atoms with Crippen LogP contribution in [-0.2, 0) is 0 Å². The topological polar surface area (TPSA) is 0 Å². The number of fused-ring (bicyclic) bond motifs is 7. The van der Waals surface area contributed by atoms with Crippen LogP contribution in [0.4, 0.5) is 8.78 Å². The number of benzene rings is 4. The van der Waals surface area contributed by atoms with Crippen LogP contribution in [0.3, 0.4) is 0 Å². The highest BCUT2D eigenvalue weighted by Crippen LogP contribution is 2.50. The molecule has 220 valence electrons. The quantitative estimate of drug-likeness (QED) is 0.171. The minimum absolute atomic E-state index is 0.314. The van der Waals surface area contributed by atoms with Crippen molar-refractivity contribution >= 4 is 116 Å². The van der Waals surface area contributed by atoms with Crippen molar-refractivity contribution in [2.24, 2.45) is 0 Å². The molecule has 46 heavy (non-hydrogen) atoms. The summed E-state index contributed by atoms with van der Waals surface area (Å²) in [5, 5.41) is 0.629. The van der Waals surface area contributed by atoms with Gasteiger partial charge in [0.2, 0.25) is 0 Å². The first-order valence-corrected chi connectivity index (χ1v) is 19.4. The van der Waals surface area contributed by atoms with Gasteiger partial charge in [-0.3, -0.25) is 0 Å². The molecule has 0 bridgehead atoms. The van der Waals surface area contributed by atoms with Crippen molar-refractivity contribution in [3.05, 3.63) is 121 Å². The van der Waals surface area contributed by atoms with Gasteiger partial charge < -0.3 is 0 Å². The molecule has 10 rings (SSSR count). The number of thiophene rings is 6. The van der Waals surface area contributed by atoms with E-state index in [0.29, 0.717) is 21.9 Å². The standard InChI is InChI=1S/C38H18F2S6/c39-33-21-12-14-24(28-18-32-38(46-28)36-30(42-32)16-26(44-36)20-9-5-2-6-10-20)34(40)22(21)11-13-23(33)27-17-31-37(45-27)35-29(41-31)15-25(43-35)19-7-3-1-4-8-19/h1-18H. The molecule has 8 heteroatoms. The summed E-state index contributed by atoms with van der Waals surface area (Å²) < 4.78 is 42.0. The molecule has 0 aliphatic rings. The Morgan fingerprint density at radius 2 is 0.696 bits per heavy atom. The third-order valence-electron chi connectivity index (χ3n) is 8.36. The number of halogens is 2. The predicted molar refractivity (Wildman–Crippen MR) is 203 cm³/mol. The van der Waals surface area contributed by atoms with E-state index in [0.717, 1.165) is 19.2 Å². The fourth-order valence-electron chi connectivity index (χ4n) is 6.14. The van der Waals surface area contributed by atoms with Crippen molar-refractivity contribution in [3.8, 4) is 41.8 Å². The molecule has 10 aromatic rings. The monoisotopic (exact) mass is 704 g/mol. The van der Waals surface area contributed by atoms with E-state index in [1.807, 2.05) is 12.1 Å². The lowest BCUT2D eigenvalue weighted by molar-refractivity contribution is 0.633. The Morgan fingerprint density at radius 3 is 1.09 bits per heavy atom. The second-order valence-electron chi connectivity index (χ2n) is 11.1. The van der Waals surface area contributed by atoms with Gasteiger partial charge in [0.05, 0.1) is 18.8 Å². The van der Waals surface area contributed by atoms with Gasteiger partial charge in [0.25, 0.3) is 0 Å². The lowest BCUT2D eigenvalue weighted by Crippen LogP contribution is -1.90. The van der Waals surface area contributed by atoms with Crippen LogP contribution in [0.5, 0.6) is 0 Å². The molecule has 0 atom stereocenters. The fourth-order valence-corrected chi connectivity index (χ4v) is 14.2. The second-order valence-corrected chi connectivity index (χ2v) is 17.5. The van der Waals surface area contributed by atoms with E-state index in [1.165, 1.54) is 49.1 Å². The highest BCUT2D eigenvalue weighted by molar-refractivity contribution is 7.41. The summed E-state index contributed by atoms with van der Waals surface area (Å²) in [5.41, 5.74) is 3.46. The van der Waals surface area contributed by atoms with E-state index in [-0.39, 0.29) is 11.6 Å². The molecule has 4 aromatic carbocycles. The normalized spacial score (nSPS) is 12.1. The third kappa shape index (κ3) is 4.15. The Bertz CT molecular complexity index is 2580. The van der Waals surface area contributed by atoms with Crippen LogP contribution in [0.2, 0.25) is 0 Å². The van der Waals surface area contributed by atoms with Crippen molar-refractivity contribution in [2.45, 2.75) is 0 Å². The van der Waals surface area contributed by atoms with Gasteiger partial charge in [-0.15, -0.1) is 68.0 Å². The molecular weight excluding hydrogens is 687 g/mol. The number of hydrogen-bond donors (Lipinski definition) is 0. The van der Waals surface area contributed by atoms with Crippen molar-refractivity contribution in [1.29, 1.82) is 0 Å². The Hall–Kier alpha value is -3.76. The SMILES string of the molecule is Fc1c(-c2cc3sc4cc(-c5ccccc5)sc4c3s2)ccc2c(F)c(-c3cc4sc5cc(-c6ccccc6)sc5c4s3)ccc12. The Labute approximate surface area is 285 Å². The van der Waals surface area contributed by atoms with Crippen LogP contribution < -0.4 is 0 Å². The van der Waals surface area contributed by atoms with Gasteiger partial charge in [0.15, 0.2) is 0 Å². The minimum atomic E-state index is -0.370. The smallest absolute Gasteiger partial charge is 0.139 e. The zero-order valence-electron chi connectivity index (χ0n) is 23.6. The van der Waals surface area contributed by atoms with Gasteiger partial charge in [-0.1, -0.05) is 72.8 Å². The molecule has 6 heterocycles. The highest BCUT2D eigenvalue weighted by atomic mass is 32.1. The van der Waals surface area contributed by atoms with Crippen molar-refractivity contribution < 1.29 is 8.78 Å². The molecule has 6 aromatic heterocycles. The van der Waals surface area contributed by atoms with Crippen LogP contribution in [-0.4, -0.2) is 0 Å². The first kappa shape index (κ1) is 27.4. The maximum atomic E-state index is 16.1. The van der Waals surface area contributed by atoms with Crippen molar-refractivity contribution in [2.75, 3.05) is 0 Å². The lowest BCUT2D eigenvalue weighted by Gasteiger charge is -2.09.